The van der Waals surface area contributed by atoms with Crippen molar-refractivity contribution < 1.29 is 14.1 Å². The van der Waals surface area contributed by atoms with Crippen LogP contribution < -0.4 is 5.32 Å². The van der Waals surface area contributed by atoms with Gasteiger partial charge in [-0.25, -0.2) is 0 Å². The number of ether oxygens (including phenoxy) is 1. The molecule has 1 heterocycles. The molecule has 0 amide bonds. The maximum absolute atomic E-state index is 11.6. The summed E-state index contributed by atoms with van der Waals surface area (Å²) in [6, 6.07) is -0.311. The molecule has 0 radical (unpaired) electrons. The van der Waals surface area contributed by atoms with E-state index in [0.717, 1.165) is 17.0 Å². The third-order valence-electron chi connectivity index (χ3n) is 2.80. The zero-order chi connectivity index (χ0) is 13.0. The summed E-state index contributed by atoms with van der Waals surface area (Å²) >= 11 is 0. The lowest BCUT2D eigenvalue weighted by atomic mass is 10.0. The molecule has 5 nitrogen and oxygen atoms in total. The predicted octanol–water partition coefficient (Wildman–Crippen LogP) is 1.58. The van der Waals surface area contributed by atoms with E-state index in [1.807, 2.05) is 27.7 Å². The summed E-state index contributed by atoms with van der Waals surface area (Å²) in [6.45, 7) is 8.25. The molecule has 0 fully saturated rings. The molecule has 0 unspecified atom stereocenters. The third kappa shape index (κ3) is 3.30. The molecule has 1 aromatic heterocycles. The van der Waals surface area contributed by atoms with Gasteiger partial charge in [-0.1, -0.05) is 19.0 Å². The number of methoxy groups -OCH3 is 1. The van der Waals surface area contributed by atoms with Crippen LogP contribution in [0, 0.1) is 19.8 Å². The molecule has 1 N–H and O–H groups in total. The number of carbonyl (C=O) groups is 1. The zero-order valence-corrected chi connectivity index (χ0v) is 11.0. The second-order valence-electron chi connectivity index (χ2n) is 4.43. The van der Waals surface area contributed by atoms with E-state index < -0.39 is 0 Å². The van der Waals surface area contributed by atoms with E-state index in [1.54, 1.807) is 0 Å². The molecule has 0 saturated carbocycles. The van der Waals surface area contributed by atoms with Crippen molar-refractivity contribution in [3.8, 4) is 0 Å². The lowest BCUT2D eigenvalue weighted by molar-refractivity contribution is -0.144. The van der Waals surface area contributed by atoms with Gasteiger partial charge in [-0.15, -0.1) is 0 Å². The van der Waals surface area contributed by atoms with E-state index in [2.05, 4.69) is 10.5 Å². The molecule has 0 aliphatic carbocycles. The summed E-state index contributed by atoms with van der Waals surface area (Å²) < 4.78 is 9.83. The topological polar surface area (TPSA) is 64.4 Å². The number of esters is 1. The van der Waals surface area contributed by atoms with Crippen LogP contribution in [0.3, 0.4) is 0 Å². The highest BCUT2D eigenvalue weighted by Crippen LogP contribution is 2.13. The summed E-state index contributed by atoms with van der Waals surface area (Å²) in [5, 5.41) is 7.05. The standard InChI is InChI=1S/C12H20N2O3/c1-7(2)11(12(15)16-5)13-6-10-8(3)14-17-9(10)4/h7,11,13H,6H2,1-5H3/t11-/m0/s1. The van der Waals surface area contributed by atoms with Crippen molar-refractivity contribution in [2.24, 2.45) is 5.92 Å². The van der Waals surface area contributed by atoms with Gasteiger partial charge >= 0.3 is 5.97 Å². The van der Waals surface area contributed by atoms with Gasteiger partial charge in [-0.2, -0.15) is 0 Å². The van der Waals surface area contributed by atoms with Crippen LogP contribution in [0.25, 0.3) is 0 Å². The lowest BCUT2D eigenvalue weighted by Gasteiger charge is -2.19. The number of hydrogen-bond donors (Lipinski definition) is 1. The van der Waals surface area contributed by atoms with E-state index in [0.29, 0.717) is 6.54 Å². The molecule has 1 rings (SSSR count). The quantitative estimate of drug-likeness (QED) is 0.792. The number of nitrogens with zero attached hydrogens (tertiary/aromatic N) is 1. The number of aryl methyl sites for hydroxylation is 2. The molecule has 0 saturated heterocycles. The number of hydrogen-bond acceptors (Lipinski definition) is 5. The fraction of sp³-hybridized carbons (Fsp3) is 0.667. The van der Waals surface area contributed by atoms with Crippen LogP contribution in [0.1, 0.15) is 30.9 Å². The molecule has 0 spiro atoms. The van der Waals surface area contributed by atoms with Gasteiger partial charge in [0, 0.05) is 12.1 Å². The Balaban J connectivity index is 2.67. The fourth-order valence-corrected chi connectivity index (χ4v) is 1.68. The smallest absolute Gasteiger partial charge is 0.323 e. The van der Waals surface area contributed by atoms with Gasteiger partial charge in [0.15, 0.2) is 0 Å². The summed E-state index contributed by atoms with van der Waals surface area (Å²) in [5.41, 5.74) is 1.85. The van der Waals surface area contributed by atoms with Crippen molar-refractivity contribution in [1.29, 1.82) is 0 Å². The predicted molar refractivity (Wildman–Crippen MR) is 63.5 cm³/mol. The van der Waals surface area contributed by atoms with E-state index in [-0.39, 0.29) is 17.9 Å². The summed E-state index contributed by atoms with van der Waals surface area (Å²) in [4.78, 5) is 11.6. The van der Waals surface area contributed by atoms with Gasteiger partial charge in [0.2, 0.25) is 0 Å². The van der Waals surface area contributed by atoms with Crippen LogP contribution in [0.15, 0.2) is 4.52 Å². The fourth-order valence-electron chi connectivity index (χ4n) is 1.68. The highest BCUT2D eigenvalue weighted by Gasteiger charge is 2.23. The Morgan fingerprint density at radius 1 is 1.47 bits per heavy atom. The zero-order valence-electron chi connectivity index (χ0n) is 11.0. The van der Waals surface area contributed by atoms with Crippen LogP contribution in [-0.2, 0) is 16.1 Å². The lowest BCUT2D eigenvalue weighted by Crippen LogP contribution is -2.41. The molecule has 0 aliphatic rings. The molecule has 1 aromatic rings. The van der Waals surface area contributed by atoms with Crippen LogP contribution >= 0.6 is 0 Å². The average molecular weight is 240 g/mol. The second kappa shape index (κ2) is 5.82. The minimum absolute atomic E-state index is 0.169. The van der Waals surface area contributed by atoms with Gasteiger partial charge in [-0.3, -0.25) is 10.1 Å². The first-order valence-corrected chi connectivity index (χ1v) is 5.70. The molecule has 1 atom stereocenters. The van der Waals surface area contributed by atoms with Gasteiger partial charge < -0.3 is 9.26 Å². The molecule has 0 aliphatic heterocycles. The van der Waals surface area contributed by atoms with Crippen LogP contribution in [0.4, 0.5) is 0 Å². The van der Waals surface area contributed by atoms with Gasteiger partial charge in [-0.05, 0) is 19.8 Å². The molecular weight excluding hydrogens is 220 g/mol. The van der Waals surface area contributed by atoms with Crippen molar-refractivity contribution in [1.82, 2.24) is 10.5 Å². The third-order valence-corrected chi connectivity index (χ3v) is 2.80. The first kappa shape index (κ1) is 13.7. The van der Waals surface area contributed by atoms with Gasteiger partial charge in [0.1, 0.15) is 11.8 Å². The number of carbonyl (C=O) groups excluding carboxylic acids is 1. The van der Waals surface area contributed by atoms with Crippen molar-refractivity contribution in [3.05, 3.63) is 17.0 Å². The maximum Gasteiger partial charge on any atom is 0.323 e. The normalized spacial score (nSPS) is 12.8. The van der Waals surface area contributed by atoms with Gasteiger partial charge in [0.05, 0.1) is 12.8 Å². The van der Waals surface area contributed by atoms with E-state index in [4.69, 9.17) is 9.26 Å². The Labute approximate surface area is 102 Å². The Bertz CT molecular complexity index is 366. The van der Waals surface area contributed by atoms with Crippen molar-refractivity contribution in [3.63, 3.8) is 0 Å². The Kier molecular flexibility index (Phi) is 4.69. The highest BCUT2D eigenvalue weighted by atomic mass is 16.5. The van der Waals surface area contributed by atoms with E-state index >= 15 is 0 Å². The van der Waals surface area contributed by atoms with Gasteiger partial charge in [0.25, 0.3) is 0 Å². The van der Waals surface area contributed by atoms with Crippen LogP contribution in [0.2, 0.25) is 0 Å². The van der Waals surface area contributed by atoms with Crippen molar-refractivity contribution >= 4 is 5.97 Å². The molecule has 0 aromatic carbocycles. The van der Waals surface area contributed by atoms with E-state index in [1.165, 1.54) is 7.11 Å². The number of rotatable bonds is 5. The maximum atomic E-state index is 11.6. The van der Waals surface area contributed by atoms with Crippen molar-refractivity contribution in [2.75, 3.05) is 7.11 Å². The molecule has 17 heavy (non-hydrogen) atoms. The Morgan fingerprint density at radius 3 is 2.53 bits per heavy atom. The first-order valence-electron chi connectivity index (χ1n) is 5.70. The second-order valence-corrected chi connectivity index (χ2v) is 4.43. The monoisotopic (exact) mass is 240 g/mol. The largest absolute Gasteiger partial charge is 0.468 e. The molecule has 0 bridgehead atoms. The number of nitrogens with one attached hydrogen (secondary N) is 1. The highest BCUT2D eigenvalue weighted by molar-refractivity contribution is 5.75. The molecule has 5 heteroatoms. The van der Waals surface area contributed by atoms with Crippen LogP contribution in [0.5, 0.6) is 0 Å². The molecule has 96 valence electrons. The number of aromatic nitrogens is 1. The summed E-state index contributed by atoms with van der Waals surface area (Å²) in [7, 11) is 1.40. The average Bonchev–Trinajstić information content (AvgIpc) is 2.59. The first-order chi connectivity index (χ1) is 7.97. The van der Waals surface area contributed by atoms with Crippen LogP contribution in [-0.4, -0.2) is 24.3 Å². The summed E-state index contributed by atoms with van der Waals surface area (Å²) in [6.07, 6.45) is 0. The summed E-state index contributed by atoms with van der Waals surface area (Å²) in [5.74, 6) is 0.706. The molecular formula is C12H20N2O3. The van der Waals surface area contributed by atoms with Crippen molar-refractivity contribution in [2.45, 2.75) is 40.3 Å². The Hall–Kier alpha value is -1.36. The minimum Gasteiger partial charge on any atom is -0.468 e. The minimum atomic E-state index is -0.311. The van der Waals surface area contributed by atoms with E-state index in [9.17, 15) is 4.79 Å². The Morgan fingerprint density at radius 2 is 2.12 bits per heavy atom. The SMILES string of the molecule is COC(=O)[C@@H](NCc1c(C)noc1C)C(C)C.